The Balaban J connectivity index is 1.60. The van der Waals surface area contributed by atoms with E-state index < -0.39 is 6.04 Å². The normalized spacial score (nSPS) is 16.6. The molecular formula is C19H20N2O4. The first-order valence-corrected chi connectivity index (χ1v) is 8.21. The highest BCUT2D eigenvalue weighted by Gasteiger charge is 2.35. The van der Waals surface area contributed by atoms with Gasteiger partial charge >= 0.3 is 0 Å². The van der Waals surface area contributed by atoms with Gasteiger partial charge in [0.05, 0.1) is 12.2 Å². The molecule has 1 fully saturated rings. The van der Waals surface area contributed by atoms with E-state index in [0.29, 0.717) is 13.0 Å². The molecule has 130 valence electrons. The zero-order valence-electron chi connectivity index (χ0n) is 13.7. The maximum atomic E-state index is 12.6. The Kier molecular flexibility index (Phi) is 5.30. The minimum absolute atomic E-state index is 0.0844. The smallest absolute Gasteiger partial charge is 0.266 e. The fraction of sp³-hybridized carbons (Fsp3) is 0.263. The van der Waals surface area contributed by atoms with E-state index >= 15 is 0 Å². The number of hydroxylamine groups is 1. The molecule has 0 aliphatic carbocycles. The van der Waals surface area contributed by atoms with Crippen LogP contribution >= 0.6 is 0 Å². The molecule has 0 saturated carbocycles. The van der Waals surface area contributed by atoms with Gasteiger partial charge in [-0.05, 0) is 30.5 Å². The van der Waals surface area contributed by atoms with Gasteiger partial charge in [0.25, 0.3) is 11.8 Å². The molecule has 2 aromatic carbocycles. The van der Waals surface area contributed by atoms with E-state index in [1.54, 1.807) is 18.2 Å². The summed E-state index contributed by atoms with van der Waals surface area (Å²) in [6.45, 7) is 0.733. The molecule has 3 rings (SSSR count). The molecular weight excluding hydrogens is 320 g/mol. The number of amides is 2. The van der Waals surface area contributed by atoms with Crippen LogP contribution < -0.4 is 5.48 Å². The Morgan fingerprint density at radius 3 is 2.60 bits per heavy atom. The van der Waals surface area contributed by atoms with E-state index in [4.69, 9.17) is 4.84 Å². The summed E-state index contributed by atoms with van der Waals surface area (Å²) in [5.74, 6) is -0.783. The molecule has 25 heavy (non-hydrogen) atoms. The highest BCUT2D eigenvalue weighted by molar-refractivity contribution is 5.99. The van der Waals surface area contributed by atoms with Crippen LogP contribution in [0.2, 0.25) is 0 Å². The number of hydrogen-bond acceptors (Lipinski definition) is 4. The van der Waals surface area contributed by atoms with Crippen molar-refractivity contribution in [2.24, 2.45) is 0 Å². The monoisotopic (exact) mass is 340 g/mol. The lowest BCUT2D eigenvalue weighted by Gasteiger charge is -2.24. The standard InChI is InChI=1S/C19H20N2O4/c22-17-11-5-4-9-15(17)19(24)21-12-6-10-16(21)18(23)20-25-13-14-7-2-1-3-8-14/h1-5,7-9,11,16,22H,6,10,12-13H2,(H,20,23). The molecule has 1 atom stereocenters. The van der Waals surface area contributed by atoms with Crippen molar-refractivity contribution in [3.8, 4) is 5.75 Å². The SMILES string of the molecule is O=C(NOCc1ccccc1)C1CCCN1C(=O)c1ccccc1O. The van der Waals surface area contributed by atoms with Crippen LogP contribution in [-0.4, -0.2) is 34.4 Å². The number of carbonyl (C=O) groups is 2. The molecule has 0 spiro atoms. The molecule has 2 aromatic rings. The number of likely N-dealkylation sites (tertiary alicyclic amines) is 1. The van der Waals surface area contributed by atoms with E-state index in [2.05, 4.69) is 5.48 Å². The number of carbonyl (C=O) groups excluding carboxylic acids is 2. The third kappa shape index (κ3) is 3.97. The van der Waals surface area contributed by atoms with Crippen LogP contribution in [-0.2, 0) is 16.2 Å². The number of rotatable bonds is 5. The van der Waals surface area contributed by atoms with Crippen molar-refractivity contribution >= 4 is 11.8 Å². The van der Waals surface area contributed by atoms with Crippen molar-refractivity contribution in [2.45, 2.75) is 25.5 Å². The van der Waals surface area contributed by atoms with Crippen LogP contribution in [0.4, 0.5) is 0 Å². The van der Waals surface area contributed by atoms with Gasteiger partial charge in [-0.3, -0.25) is 14.4 Å². The molecule has 6 heteroatoms. The van der Waals surface area contributed by atoms with Crippen molar-refractivity contribution in [1.82, 2.24) is 10.4 Å². The number of phenols is 1. The van der Waals surface area contributed by atoms with Gasteiger partial charge in [0.15, 0.2) is 0 Å². The maximum Gasteiger partial charge on any atom is 0.266 e. The van der Waals surface area contributed by atoms with Gasteiger partial charge in [0, 0.05) is 6.54 Å². The fourth-order valence-electron chi connectivity index (χ4n) is 2.92. The predicted molar refractivity (Wildman–Crippen MR) is 91.5 cm³/mol. The molecule has 1 unspecified atom stereocenters. The van der Waals surface area contributed by atoms with Gasteiger partial charge in [0.1, 0.15) is 11.8 Å². The second-order valence-electron chi connectivity index (χ2n) is 5.91. The second kappa shape index (κ2) is 7.81. The minimum atomic E-state index is -0.595. The number of nitrogens with zero attached hydrogens (tertiary/aromatic N) is 1. The average molecular weight is 340 g/mol. The highest BCUT2D eigenvalue weighted by atomic mass is 16.6. The zero-order valence-corrected chi connectivity index (χ0v) is 13.7. The Bertz CT molecular complexity index is 748. The van der Waals surface area contributed by atoms with E-state index in [1.807, 2.05) is 30.3 Å². The molecule has 1 aliphatic rings. The number of aromatic hydroxyl groups is 1. The van der Waals surface area contributed by atoms with Crippen molar-refractivity contribution in [3.05, 3.63) is 65.7 Å². The maximum absolute atomic E-state index is 12.6. The summed E-state index contributed by atoms with van der Waals surface area (Å²) in [5, 5.41) is 9.86. The predicted octanol–water partition coefficient (Wildman–Crippen LogP) is 2.24. The quantitative estimate of drug-likeness (QED) is 0.818. The first-order chi connectivity index (χ1) is 12.2. The fourth-order valence-corrected chi connectivity index (χ4v) is 2.92. The van der Waals surface area contributed by atoms with E-state index in [1.165, 1.54) is 11.0 Å². The Hall–Kier alpha value is -2.86. The molecule has 1 aliphatic heterocycles. The topological polar surface area (TPSA) is 78.9 Å². The largest absolute Gasteiger partial charge is 0.507 e. The third-order valence-corrected chi connectivity index (χ3v) is 4.21. The number of hydrogen-bond donors (Lipinski definition) is 2. The summed E-state index contributed by atoms with van der Waals surface area (Å²) in [5.41, 5.74) is 3.57. The van der Waals surface area contributed by atoms with Gasteiger partial charge in [-0.1, -0.05) is 42.5 Å². The Morgan fingerprint density at radius 2 is 1.84 bits per heavy atom. The third-order valence-electron chi connectivity index (χ3n) is 4.21. The number of nitrogens with one attached hydrogen (secondary N) is 1. The first-order valence-electron chi connectivity index (χ1n) is 8.21. The van der Waals surface area contributed by atoms with Crippen LogP contribution in [0.3, 0.4) is 0 Å². The summed E-state index contributed by atoms with van der Waals surface area (Å²) in [4.78, 5) is 31.7. The van der Waals surface area contributed by atoms with E-state index in [0.717, 1.165) is 12.0 Å². The summed E-state index contributed by atoms with van der Waals surface area (Å²) in [6, 6.07) is 15.2. The van der Waals surface area contributed by atoms with Crippen LogP contribution in [0.15, 0.2) is 54.6 Å². The molecule has 0 aromatic heterocycles. The van der Waals surface area contributed by atoms with Crippen LogP contribution in [0.1, 0.15) is 28.8 Å². The van der Waals surface area contributed by atoms with Crippen molar-refractivity contribution in [1.29, 1.82) is 0 Å². The van der Waals surface area contributed by atoms with Gasteiger partial charge in [-0.2, -0.15) is 0 Å². The lowest BCUT2D eigenvalue weighted by molar-refractivity contribution is -0.138. The molecule has 2 N–H and O–H groups in total. The molecule has 2 amide bonds. The van der Waals surface area contributed by atoms with E-state index in [9.17, 15) is 14.7 Å². The summed E-state index contributed by atoms with van der Waals surface area (Å²) in [7, 11) is 0. The lowest BCUT2D eigenvalue weighted by Crippen LogP contribution is -2.45. The average Bonchev–Trinajstić information content (AvgIpc) is 3.12. The summed E-state index contributed by atoms with van der Waals surface area (Å²) in [6.07, 6.45) is 1.30. The summed E-state index contributed by atoms with van der Waals surface area (Å²) >= 11 is 0. The lowest BCUT2D eigenvalue weighted by atomic mass is 10.1. The van der Waals surface area contributed by atoms with Gasteiger partial charge in [0.2, 0.25) is 0 Å². The molecule has 6 nitrogen and oxygen atoms in total. The molecule has 1 saturated heterocycles. The van der Waals surface area contributed by atoms with Gasteiger partial charge in [-0.25, -0.2) is 5.48 Å². The van der Waals surface area contributed by atoms with Crippen molar-refractivity contribution in [2.75, 3.05) is 6.54 Å². The van der Waals surface area contributed by atoms with Crippen LogP contribution in [0, 0.1) is 0 Å². The first kappa shape index (κ1) is 17.0. The van der Waals surface area contributed by atoms with E-state index in [-0.39, 0.29) is 29.7 Å². The van der Waals surface area contributed by atoms with Crippen LogP contribution in [0.5, 0.6) is 5.75 Å². The second-order valence-corrected chi connectivity index (χ2v) is 5.91. The Morgan fingerprint density at radius 1 is 1.12 bits per heavy atom. The number of benzene rings is 2. The highest BCUT2D eigenvalue weighted by Crippen LogP contribution is 2.24. The van der Waals surface area contributed by atoms with Gasteiger partial charge < -0.3 is 10.0 Å². The van der Waals surface area contributed by atoms with Crippen molar-refractivity contribution in [3.63, 3.8) is 0 Å². The minimum Gasteiger partial charge on any atom is -0.507 e. The molecule has 1 heterocycles. The summed E-state index contributed by atoms with van der Waals surface area (Å²) < 4.78 is 0. The van der Waals surface area contributed by atoms with Crippen LogP contribution in [0.25, 0.3) is 0 Å². The molecule has 0 bridgehead atoms. The van der Waals surface area contributed by atoms with Gasteiger partial charge in [-0.15, -0.1) is 0 Å². The zero-order chi connectivity index (χ0) is 17.6. The number of para-hydroxylation sites is 1. The molecule has 0 radical (unpaired) electrons. The number of phenolic OH excluding ortho intramolecular Hbond substituents is 1. The van der Waals surface area contributed by atoms with Crippen molar-refractivity contribution < 1.29 is 19.5 Å². The Labute approximate surface area is 146 Å².